The van der Waals surface area contributed by atoms with Crippen LogP contribution in [0.1, 0.15) is 51.9 Å². The van der Waals surface area contributed by atoms with Gasteiger partial charge in [-0.15, -0.1) is 0 Å². The highest BCUT2D eigenvalue weighted by atomic mass is 16.4. The maximum absolute atomic E-state index is 11.9. The number of urea groups is 1. The maximum Gasteiger partial charge on any atom is 0.315 e. The van der Waals surface area contributed by atoms with Crippen molar-refractivity contribution >= 4 is 12.0 Å². The van der Waals surface area contributed by atoms with Crippen molar-refractivity contribution in [3.63, 3.8) is 0 Å². The molecule has 0 aromatic rings. The molecule has 5 heteroatoms. The van der Waals surface area contributed by atoms with Crippen LogP contribution in [0.5, 0.6) is 0 Å². The van der Waals surface area contributed by atoms with Crippen LogP contribution in [0.4, 0.5) is 4.79 Å². The normalized spacial score (nSPS) is 22.8. The lowest BCUT2D eigenvalue weighted by Crippen LogP contribution is -2.48. The number of hydrogen-bond acceptors (Lipinski definition) is 2. The molecule has 0 spiro atoms. The van der Waals surface area contributed by atoms with E-state index in [-0.39, 0.29) is 24.5 Å². The second kappa shape index (κ2) is 6.26. The quantitative estimate of drug-likeness (QED) is 0.690. The molecule has 2 fully saturated rings. The monoisotopic (exact) mass is 268 g/mol. The second-order valence-corrected chi connectivity index (χ2v) is 5.99. The Balaban J connectivity index is 1.76. The number of rotatable bonds is 6. The van der Waals surface area contributed by atoms with Crippen molar-refractivity contribution < 1.29 is 14.7 Å². The van der Waals surface area contributed by atoms with Crippen molar-refractivity contribution in [3.8, 4) is 0 Å². The highest BCUT2D eigenvalue weighted by Gasteiger charge is 2.34. The van der Waals surface area contributed by atoms with Gasteiger partial charge in [0.15, 0.2) is 0 Å². The summed E-state index contributed by atoms with van der Waals surface area (Å²) in [6.45, 7) is 2.04. The number of nitrogens with one attached hydrogen (secondary N) is 2. The number of carboxylic acids is 1. The molecule has 0 aromatic heterocycles. The number of carbonyl (C=O) groups is 2. The summed E-state index contributed by atoms with van der Waals surface area (Å²) in [4.78, 5) is 22.7. The Hall–Kier alpha value is -1.26. The van der Waals surface area contributed by atoms with Gasteiger partial charge in [-0.25, -0.2) is 4.79 Å². The SMILES string of the molecule is CC(NC(=O)NC(CC(=O)O)C1CC1)C1CCCC1. The van der Waals surface area contributed by atoms with E-state index in [1.807, 2.05) is 6.92 Å². The van der Waals surface area contributed by atoms with Crippen LogP contribution in [0, 0.1) is 11.8 Å². The number of hydrogen-bond donors (Lipinski definition) is 3. The van der Waals surface area contributed by atoms with Crippen LogP contribution < -0.4 is 10.6 Å². The third kappa shape index (κ3) is 4.40. The molecule has 0 bridgehead atoms. The number of aliphatic carboxylic acids is 1. The van der Waals surface area contributed by atoms with E-state index in [0.717, 1.165) is 12.8 Å². The summed E-state index contributed by atoms with van der Waals surface area (Å²) in [7, 11) is 0. The zero-order chi connectivity index (χ0) is 13.8. The Morgan fingerprint density at radius 1 is 1.11 bits per heavy atom. The summed E-state index contributed by atoms with van der Waals surface area (Å²) in [5, 5.41) is 14.7. The number of carboxylic acid groups (broad SMARTS) is 1. The maximum atomic E-state index is 11.9. The fourth-order valence-electron chi connectivity index (χ4n) is 3.01. The van der Waals surface area contributed by atoms with Crippen molar-refractivity contribution in [1.82, 2.24) is 10.6 Å². The third-order valence-electron chi connectivity index (χ3n) is 4.37. The van der Waals surface area contributed by atoms with E-state index in [4.69, 9.17) is 5.11 Å². The summed E-state index contributed by atoms with van der Waals surface area (Å²) >= 11 is 0. The van der Waals surface area contributed by atoms with Crippen LogP contribution in [0.15, 0.2) is 0 Å². The van der Waals surface area contributed by atoms with E-state index < -0.39 is 5.97 Å². The molecule has 5 nitrogen and oxygen atoms in total. The van der Waals surface area contributed by atoms with E-state index in [1.165, 1.54) is 25.7 Å². The first-order valence-electron chi connectivity index (χ1n) is 7.35. The van der Waals surface area contributed by atoms with Crippen molar-refractivity contribution in [2.75, 3.05) is 0 Å². The average Bonchev–Trinajstić information content (AvgIpc) is 3.02. The van der Waals surface area contributed by atoms with E-state index in [1.54, 1.807) is 0 Å². The molecule has 3 N–H and O–H groups in total. The van der Waals surface area contributed by atoms with Gasteiger partial charge in [-0.05, 0) is 44.4 Å². The van der Waals surface area contributed by atoms with Crippen LogP contribution in [-0.4, -0.2) is 29.2 Å². The summed E-state index contributed by atoms with van der Waals surface area (Å²) in [5.41, 5.74) is 0. The highest BCUT2D eigenvalue weighted by molar-refractivity contribution is 5.76. The van der Waals surface area contributed by atoms with Gasteiger partial charge < -0.3 is 15.7 Å². The van der Waals surface area contributed by atoms with Gasteiger partial charge in [-0.2, -0.15) is 0 Å². The minimum absolute atomic E-state index is 0.0237. The van der Waals surface area contributed by atoms with Gasteiger partial charge >= 0.3 is 12.0 Å². The summed E-state index contributed by atoms with van der Waals surface area (Å²) in [5.74, 6) is 0.0780. The molecule has 2 unspecified atom stereocenters. The Bertz CT molecular complexity index is 336. The Labute approximate surface area is 114 Å². The lowest BCUT2D eigenvalue weighted by atomic mass is 10.00. The fourth-order valence-corrected chi connectivity index (χ4v) is 3.01. The lowest BCUT2D eigenvalue weighted by molar-refractivity contribution is -0.137. The van der Waals surface area contributed by atoms with Gasteiger partial charge in [0.05, 0.1) is 6.42 Å². The molecule has 108 valence electrons. The number of amides is 2. The zero-order valence-electron chi connectivity index (χ0n) is 11.5. The Morgan fingerprint density at radius 2 is 1.74 bits per heavy atom. The van der Waals surface area contributed by atoms with Gasteiger partial charge in [0.25, 0.3) is 0 Å². The molecule has 0 saturated heterocycles. The summed E-state index contributed by atoms with van der Waals surface area (Å²) < 4.78 is 0. The van der Waals surface area contributed by atoms with E-state index in [9.17, 15) is 9.59 Å². The van der Waals surface area contributed by atoms with Crippen LogP contribution >= 0.6 is 0 Å². The molecule has 0 radical (unpaired) electrons. The summed E-state index contributed by atoms with van der Waals surface area (Å²) in [6, 6.07) is -0.252. The summed E-state index contributed by atoms with van der Waals surface area (Å²) in [6.07, 6.45) is 6.94. The molecule has 2 aliphatic rings. The van der Waals surface area contributed by atoms with Crippen molar-refractivity contribution in [1.29, 1.82) is 0 Å². The van der Waals surface area contributed by atoms with Crippen LogP contribution in [0.25, 0.3) is 0 Å². The van der Waals surface area contributed by atoms with Crippen LogP contribution in [0.3, 0.4) is 0 Å². The Kier molecular flexibility index (Phi) is 4.66. The molecular weight excluding hydrogens is 244 g/mol. The van der Waals surface area contributed by atoms with Gasteiger partial charge in [-0.1, -0.05) is 12.8 Å². The van der Waals surface area contributed by atoms with Crippen molar-refractivity contribution in [2.24, 2.45) is 11.8 Å². The first kappa shape index (κ1) is 14.2. The average molecular weight is 268 g/mol. The van der Waals surface area contributed by atoms with Gasteiger partial charge in [-0.3, -0.25) is 4.79 Å². The predicted molar refractivity (Wildman–Crippen MR) is 71.9 cm³/mol. The minimum atomic E-state index is -0.846. The predicted octanol–water partition coefficient (Wildman–Crippen LogP) is 2.12. The standard InChI is InChI=1S/C14H24N2O3/c1-9(10-4-2-3-5-10)15-14(19)16-12(8-13(17)18)11-6-7-11/h9-12H,2-8H2,1H3,(H,17,18)(H2,15,16,19). The second-order valence-electron chi connectivity index (χ2n) is 5.99. The van der Waals surface area contributed by atoms with Gasteiger partial charge in [0, 0.05) is 12.1 Å². The Morgan fingerprint density at radius 3 is 2.26 bits per heavy atom. The largest absolute Gasteiger partial charge is 0.481 e. The molecule has 0 heterocycles. The molecule has 2 aliphatic carbocycles. The molecule has 0 aliphatic heterocycles. The van der Waals surface area contributed by atoms with E-state index in [2.05, 4.69) is 10.6 Å². The molecule has 0 aromatic carbocycles. The molecule has 2 saturated carbocycles. The fraction of sp³-hybridized carbons (Fsp3) is 0.857. The molecular formula is C14H24N2O3. The molecule has 19 heavy (non-hydrogen) atoms. The first-order chi connectivity index (χ1) is 9.06. The van der Waals surface area contributed by atoms with E-state index >= 15 is 0 Å². The highest BCUT2D eigenvalue weighted by Crippen LogP contribution is 2.34. The minimum Gasteiger partial charge on any atom is -0.481 e. The molecule has 2 amide bonds. The van der Waals surface area contributed by atoms with Crippen LogP contribution in [0.2, 0.25) is 0 Å². The molecule has 2 rings (SSSR count). The number of carbonyl (C=O) groups excluding carboxylic acids is 1. The van der Waals surface area contributed by atoms with Crippen molar-refractivity contribution in [3.05, 3.63) is 0 Å². The van der Waals surface area contributed by atoms with Crippen molar-refractivity contribution in [2.45, 2.75) is 64.0 Å². The van der Waals surface area contributed by atoms with E-state index in [0.29, 0.717) is 11.8 Å². The smallest absolute Gasteiger partial charge is 0.315 e. The molecule has 2 atom stereocenters. The first-order valence-corrected chi connectivity index (χ1v) is 7.35. The zero-order valence-corrected chi connectivity index (χ0v) is 11.5. The van der Waals surface area contributed by atoms with Crippen LogP contribution in [-0.2, 0) is 4.79 Å². The lowest BCUT2D eigenvalue weighted by Gasteiger charge is -2.23. The third-order valence-corrected chi connectivity index (χ3v) is 4.37. The van der Waals surface area contributed by atoms with Gasteiger partial charge in [0.1, 0.15) is 0 Å². The topological polar surface area (TPSA) is 78.4 Å². The van der Waals surface area contributed by atoms with Gasteiger partial charge in [0.2, 0.25) is 0 Å².